The van der Waals surface area contributed by atoms with E-state index in [-0.39, 0.29) is 11.3 Å². The van der Waals surface area contributed by atoms with E-state index in [1.165, 1.54) is 28.7 Å². The number of likely N-dealkylation sites (tertiary alicyclic amines) is 1. The molecule has 0 unspecified atom stereocenters. The molecule has 1 aliphatic carbocycles. The van der Waals surface area contributed by atoms with Crippen molar-refractivity contribution in [2.45, 2.75) is 50.4 Å². The number of aryl methyl sites for hydroxylation is 2. The SMILES string of the molecule is Cc1ccc2c(c1)CCC[C@]21CNC[C@H]1C(=O)N1CCC(c2ccccc2)CC1. The standard InChI is InChI=1S/C26H32N2O/c1-19-9-10-23-22(16-19)8-5-13-26(23)18-27-17-24(26)25(29)28-14-11-21(12-15-28)20-6-3-2-4-7-20/h2-4,6-7,9-10,16,21,24,27H,5,8,11-15,17-18H2,1H3/t24-,26-/m0/s1. The molecule has 2 aromatic carbocycles. The molecule has 1 N–H and O–H groups in total. The molecule has 152 valence electrons. The number of hydrogen-bond acceptors (Lipinski definition) is 2. The fourth-order valence-corrected chi connectivity index (χ4v) is 6.15. The van der Waals surface area contributed by atoms with Crippen LogP contribution in [0.3, 0.4) is 0 Å². The van der Waals surface area contributed by atoms with Gasteiger partial charge in [0.1, 0.15) is 0 Å². The van der Waals surface area contributed by atoms with Crippen molar-refractivity contribution < 1.29 is 4.79 Å². The minimum absolute atomic E-state index is 0.00531. The summed E-state index contributed by atoms with van der Waals surface area (Å²) in [5, 5.41) is 3.60. The molecule has 1 spiro atoms. The average Bonchev–Trinajstić information content (AvgIpc) is 3.18. The summed E-state index contributed by atoms with van der Waals surface area (Å²) in [6.45, 7) is 5.73. The summed E-state index contributed by atoms with van der Waals surface area (Å²) in [6, 6.07) is 17.7. The van der Waals surface area contributed by atoms with Gasteiger partial charge in [0.2, 0.25) is 5.91 Å². The van der Waals surface area contributed by atoms with E-state index >= 15 is 0 Å². The Morgan fingerprint density at radius 3 is 2.69 bits per heavy atom. The highest BCUT2D eigenvalue weighted by Gasteiger charge is 2.50. The van der Waals surface area contributed by atoms with Crippen LogP contribution in [0.4, 0.5) is 0 Å². The largest absolute Gasteiger partial charge is 0.342 e. The molecule has 3 aliphatic rings. The van der Waals surface area contributed by atoms with Crippen LogP contribution in [0, 0.1) is 12.8 Å². The third kappa shape index (κ3) is 3.30. The van der Waals surface area contributed by atoms with E-state index in [1.807, 2.05) is 0 Å². The fraction of sp³-hybridized carbons (Fsp3) is 0.500. The lowest BCUT2D eigenvalue weighted by atomic mass is 9.64. The maximum atomic E-state index is 13.7. The zero-order valence-electron chi connectivity index (χ0n) is 17.5. The molecule has 2 saturated heterocycles. The molecule has 0 radical (unpaired) electrons. The van der Waals surface area contributed by atoms with E-state index in [1.54, 1.807) is 0 Å². The Morgan fingerprint density at radius 1 is 1.10 bits per heavy atom. The van der Waals surface area contributed by atoms with Crippen LogP contribution in [0.2, 0.25) is 0 Å². The van der Waals surface area contributed by atoms with Crippen molar-refractivity contribution in [2.75, 3.05) is 26.2 Å². The van der Waals surface area contributed by atoms with Crippen LogP contribution >= 0.6 is 0 Å². The summed E-state index contributed by atoms with van der Waals surface area (Å²) in [7, 11) is 0. The smallest absolute Gasteiger partial charge is 0.227 e. The van der Waals surface area contributed by atoms with Gasteiger partial charge >= 0.3 is 0 Å². The number of piperidine rings is 1. The van der Waals surface area contributed by atoms with Crippen LogP contribution in [0.15, 0.2) is 48.5 Å². The summed E-state index contributed by atoms with van der Waals surface area (Å²) in [5.41, 5.74) is 5.67. The van der Waals surface area contributed by atoms with Gasteiger partial charge in [-0.1, -0.05) is 54.1 Å². The van der Waals surface area contributed by atoms with E-state index in [0.29, 0.717) is 11.8 Å². The van der Waals surface area contributed by atoms with Crippen LogP contribution in [0.1, 0.15) is 53.9 Å². The molecule has 29 heavy (non-hydrogen) atoms. The molecular formula is C26H32N2O. The topological polar surface area (TPSA) is 32.3 Å². The molecule has 2 aromatic rings. The molecule has 3 heteroatoms. The normalized spacial score (nSPS) is 27.2. The lowest BCUT2D eigenvalue weighted by Gasteiger charge is -2.42. The second-order valence-corrected chi connectivity index (χ2v) is 9.36. The summed E-state index contributed by atoms with van der Waals surface area (Å²) in [6.07, 6.45) is 5.64. The molecule has 5 rings (SSSR count). The molecule has 2 fully saturated rings. The second-order valence-electron chi connectivity index (χ2n) is 9.36. The first-order chi connectivity index (χ1) is 14.2. The van der Waals surface area contributed by atoms with Gasteiger partial charge in [-0.15, -0.1) is 0 Å². The summed E-state index contributed by atoms with van der Waals surface area (Å²) < 4.78 is 0. The summed E-state index contributed by atoms with van der Waals surface area (Å²) >= 11 is 0. The highest BCUT2D eigenvalue weighted by atomic mass is 16.2. The zero-order chi connectivity index (χ0) is 19.8. The van der Waals surface area contributed by atoms with Crippen LogP contribution in [-0.4, -0.2) is 37.0 Å². The molecule has 2 heterocycles. The summed E-state index contributed by atoms with van der Waals surface area (Å²) in [5.74, 6) is 1.06. The van der Waals surface area contributed by atoms with E-state index < -0.39 is 0 Å². The van der Waals surface area contributed by atoms with Gasteiger partial charge in [-0.05, 0) is 61.6 Å². The Hall–Kier alpha value is -2.13. The van der Waals surface area contributed by atoms with Crippen molar-refractivity contribution in [3.05, 3.63) is 70.8 Å². The number of carbonyl (C=O) groups is 1. The quantitative estimate of drug-likeness (QED) is 0.836. The van der Waals surface area contributed by atoms with Gasteiger partial charge < -0.3 is 10.2 Å². The Morgan fingerprint density at radius 2 is 1.90 bits per heavy atom. The van der Waals surface area contributed by atoms with Crippen LogP contribution in [0.25, 0.3) is 0 Å². The minimum atomic E-state index is -0.00531. The maximum absolute atomic E-state index is 13.7. The van der Waals surface area contributed by atoms with E-state index in [9.17, 15) is 4.79 Å². The Kier molecular flexibility index (Phi) is 4.95. The van der Waals surface area contributed by atoms with E-state index in [4.69, 9.17) is 0 Å². The third-order valence-corrected chi connectivity index (χ3v) is 7.70. The number of rotatable bonds is 2. The Bertz CT molecular complexity index is 885. The van der Waals surface area contributed by atoms with Crippen molar-refractivity contribution >= 4 is 5.91 Å². The molecule has 0 bridgehead atoms. The highest BCUT2D eigenvalue weighted by Crippen LogP contribution is 2.46. The number of carbonyl (C=O) groups excluding carboxylic acids is 1. The van der Waals surface area contributed by atoms with Gasteiger partial charge in [0.25, 0.3) is 0 Å². The number of fused-ring (bicyclic) bond motifs is 2. The maximum Gasteiger partial charge on any atom is 0.227 e. The number of amides is 1. The molecule has 1 amide bonds. The fourth-order valence-electron chi connectivity index (χ4n) is 6.15. The zero-order valence-corrected chi connectivity index (χ0v) is 17.5. The van der Waals surface area contributed by atoms with E-state index in [0.717, 1.165) is 51.9 Å². The summed E-state index contributed by atoms with van der Waals surface area (Å²) in [4.78, 5) is 15.8. The van der Waals surface area contributed by atoms with Crippen LogP contribution in [0.5, 0.6) is 0 Å². The van der Waals surface area contributed by atoms with E-state index in [2.05, 4.69) is 65.7 Å². The van der Waals surface area contributed by atoms with Gasteiger partial charge in [0, 0.05) is 31.6 Å². The second kappa shape index (κ2) is 7.60. The molecule has 0 saturated carbocycles. The van der Waals surface area contributed by atoms with Gasteiger partial charge in [0.15, 0.2) is 0 Å². The lowest BCUT2D eigenvalue weighted by Crippen LogP contribution is -2.49. The molecule has 3 nitrogen and oxygen atoms in total. The lowest BCUT2D eigenvalue weighted by molar-refractivity contribution is -0.138. The number of nitrogens with one attached hydrogen (secondary N) is 1. The number of benzene rings is 2. The molecular weight excluding hydrogens is 356 g/mol. The predicted octanol–water partition coefficient (Wildman–Crippen LogP) is 4.19. The van der Waals surface area contributed by atoms with Crippen molar-refractivity contribution in [1.29, 1.82) is 0 Å². The first-order valence-electron chi connectivity index (χ1n) is 11.3. The van der Waals surface area contributed by atoms with Gasteiger partial charge in [0.05, 0.1) is 5.92 Å². The van der Waals surface area contributed by atoms with Crippen molar-refractivity contribution in [1.82, 2.24) is 10.2 Å². The third-order valence-electron chi connectivity index (χ3n) is 7.70. The monoisotopic (exact) mass is 388 g/mol. The minimum Gasteiger partial charge on any atom is -0.342 e. The predicted molar refractivity (Wildman–Crippen MR) is 117 cm³/mol. The Balaban J connectivity index is 1.35. The number of nitrogens with zero attached hydrogens (tertiary/aromatic N) is 1. The molecule has 2 atom stereocenters. The van der Waals surface area contributed by atoms with Crippen LogP contribution in [-0.2, 0) is 16.6 Å². The van der Waals surface area contributed by atoms with Crippen LogP contribution < -0.4 is 5.32 Å². The number of hydrogen-bond donors (Lipinski definition) is 1. The first-order valence-corrected chi connectivity index (χ1v) is 11.3. The van der Waals surface area contributed by atoms with Crippen molar-refractivity contribution in [3.8, 4) is 0 Å². The highest BCUT2D eigenvalue weighted by molar-refractivity contribution is 5.82. The van der Waals surface area contributed by atoms with Crippen molar-refractivity contribution in [2.24, 2.45) is 5.92 Å². The Labute approximate surface area is 174 Å². The molecule has 0 aromatic heterocycles. The van der Waals surface area contributed by atoms with Gasteiger partial charge in [-0.3, -0.25) is 4.79 Å². The molecule has 2 aliphatic heterocycles. The van der Waals surface area contributed by atoms with Crippen molar-refractivity contribution in [3.63, 3.8) is 0 Å². The van der Waals surface area contributed by atoms with Gasteiger partial charge in [-0.25, -0.2) is 0 Å². The first kappa shape index (κ1) is 18.9. The average molecular weight is 389 g/mol. The van der Waals surface area contributed by atoms with Gasteiger partial charge in [-0.2, -0.15) is 0 Å².